The summed E-state index contributed by atoms with van der Waals surface area (Å²) in [5.41, 5.74) is 2.83. The summed E-state index contributed by atoms with van der Waals surface area (Å²) in [4.78, 5) is 12.0. The van der Waals surface area contributed by atoms with Gasteiger partial charge in [-0.3, -0.25) is 9.10 Å². The highest BCUT2D eigenvalue weighted by atomic mass is 32.2. The molecule has 1 amide bonds. The summed E-state index contributed by atoms with van der Waals surface area (Å²) in [6, 6.07) is 15.0. The molecule has 1 N–H and O–H groups in total. The number of benzene rings is 2. The molecule has 0 saturated carbocycles. The number of nitrogens with zero attached hydrogens (tertiary/aromatic N) is 1. The van der Waals surface area contributed by atoms with E-state index < -0.39 is 10.0 Å². The van der Waals surface area contributed by atoms with E-state index in [4.69, 9.17) is 4.74 Å². The number of amides is 1. The van der Waals surface area contributed by atoms with E-state index in [2.05, 4.69) is 5.32 Å². The second-order valence-corrected chi connectivity index (χ2v) is 8.69. The molecule has 6 nitrogen and oxygen atoms in total. The van der Waals surface area contributed by atoms with Gasteiger partial charge in [0.05, 0.1) is 18.5 Å². The number of anilines is 1. The summed E-state index contributed by atoms with van der Waals surface area (Å²) in [6.07, 6.45) is 1.86. The topological polar surface area (TPSA) is 75.7 Å². The Bertz CT molecular complexity index is 862. The molecule has 0 aliphatic rings. The van der Waals surface area contributed by atoms with Gasteiger partial charge in [-0.2, -0.15) is 0 Å². The zero-order chi connectivity index (χ0) is 20.6. The average Bonchev–Trinajstić information content (AvgIpc) is 2.64. The lowest BCUT2D eigenvalue weighted by Crippen LogP contribution is -2.32. The van der Waals surface area contributed by atoms with Crippen LogP contribution in [0.1, 0.15) is 24.0 Å². The predicted molar refractivity (Wildman–Crippen MR) is 112 cm³/mol. The predicted octanol–water partition coefficient (Wildman–Crippen LogP) is 3.04. The molecular formula is C21H28N2O4S. The molecule has 0 aliphatic heterocycles. The SMILES string of the molecule is Cc1ccc(OCCNC(=O)CCCN(c2ccc(C)cc2)S(C)(=O)=O)cc1. The van der Waals surface area contributed by atoms with E-state index in [9.17, 15) is 13.2 Å². The van der Waals surface area contributed by atoms with Crippen molar-refractivity contribution in [3.8, 4) is 5.75 Å². The maximum atomic E-state index is 12.1. The van der Waals surface area contributed by atoms with Crippen LogP contribution < -0.4 is 14.4 Å². The normalized spacial score (nSPS) is 11.1. The zero-order valence-corrected chi connectivity index (χ0v) is 17.5. The molecule has 28 heavy (non-hydrogen) atoms. The number of aryl methyl sites for hydroxylation is 2. The second-order valence-electron chi connectivity index (χ2n) is 6.79. The molecule has 2 rings (SSSR count). The molecule has 7 heteroatoms. The molecule has 0 bridgehead atoms. The lowest BCUT2D eigenvalue weighted by molar-refractivity contribution is -0.121. The maximum absolute atomic E-state index is 12.1. The van der Waals surface area contributed by atoms with Gasteiger partial charge in [-0.15, -0.1) is 0 Å². The van der Waals surface area contributed by atoms with Crippen LogP contribution in [-0.2, 0) is 14.8 Å². The fourth-order valence-corrected chi connectivity index (χ4v) is 3.63. The van der Waals surface area contributed by atoms with Gasteiger partial charge in [0, 0.05) is 13.0 Å². The molecule has 0 aliphatic carbocycles. The first kappa shape index (κ1) is 21.8. The van der Waals surface area contributed by atoms with E-state index in [0.29, 0.717) is 25.3 Å². The Labute approximate surface area is 167 Å². The minimum atomic E-state index is -3.40. The first-order valence-corrected chi connectivity index (χ1v) is 11.1. The van der Waals surface area contributed by atoms with Crippen molar-refractivity contribution in [3.05, 3.63) is 59.7 Å². The second kappa shape index (κ2) is 10.1. The summed E-state index contributed by atoms with van der Waals surface area (Å²) in [6.45, 7) is 5.00. The monoisotopic (exact) mass is 404 g/mol. The lowest BCUT2D eigenvalue weighted by atomic mass is 10.2. The quantitative estimate of drug-likeness (QED) is 0.618. The van der Waals surface area contributed by atoms with Crippen LogP contribution in [0, 0.1) is 13.8 Å². The molecule has 2 aromatic carbocycles. The number of hydrogen-bond donors (Lipinski definition) is 1. The Kier molecular flexibility index (Phi) is 7.87. The Balaban J connectivity index is 1.73. The summed E-state index contributed by atoms with van der Waals surface area (Å²) in [7, 11) is -3.40. The highest BCUT2D eigenvalue weighted by molar-refractivity contribution is 7.92. The molecule has 152 valence electrons. The van der Waals surface area contributed by atoms with Gasteiger partial charge in [-0.1, -0.05) is 35.4 Å². The van der Waals surface area contributed by atoms with Gasteiger partial charge < -0.3 is 10.1 Å². The van der Waals surface area contributed by atoms with Gasteiger partial charge in [0.25, 0.3) is 0 Å². The maximum Gasteiger partial charge on any atom is 0.232 e. The van der Waals surface area contributed by atoms with Crippen LogP contribution in [-0.4, -0.2) is 40.3 Å². The van der Waals surface area contributed by atoms with Gasteiger partial charge in [0.15, 0.2) is 0 Å². The van der Waals surface area contributed by atoms with Crippen molar-refractivity contribution in [2.24, 2.45) is 0 Å². The smallest absolute Gasteiger partial charge is 0.232 e. The van der Waals surface area contributed by atoms with E-state index >= 15 is 0 Å². The highest BCUT2D eigenvalue weighted by Crippen LogP contribution is 2.18. The van der Waals surface area contributed by atoms with Gasteiger partial charge in [0.1, 0.15) is 12.4 Å². The van der Waals surface area contributed by atoms with Crippen LogP contribution in [0.4, 0.5) is 5.69 Å². The molecule has 0 fully saturated rings. The molecule has 2 aromatic rings. The van der Waals surface area contributed by atoms with Crippen LogP contribution in [0.25, 0.3) is 0 Å². The van der Waals surface area contributed by atoms with Crippen LogP contribution in [0.5, 0.6) is 5.75 Å². The standard InChI is InChI=1S/C21H28N2O4S/c1-17-6-10-19(11-7-17)23(28(3,25)26)15-4-5-21(24)22-14-16-27-20-12-8-18(2)9-13-20/h6-13H,4-5,14-16H2,1-3H3,(H,22,24). The van der Waals surface area contributed by atoms with Crippen molar-refractivity contribution in [3.63, 3.8) is 0 Å². The van der Waals surface area contributed by atoms with E-state index in [1.807, 2.05) is 50.2 Å². The fraction of sp³-hybridized carbons (Fsp3) is 0.381. The van der Waals surface area contributed by atoms with Crippen LogP contribution in [0.15, 0.2) is 48.5 Å². The lowest BCUT2D eigenvalue weighted by Gasteiger charge is -2.22. The van der Waals surface area contributed by atoms with Crippen LogP contribution in [0.2, 0.25) is 0 Å². The molecular weight excluding hydrogens is 376 g/mol. The van der Waals surface area contributed by atoms with Crippen molar-refractivity contribution in [1.29, 1.82) is 0 Å². The molecule has 0 saturated heterocycles. The number of nitrogens with one attached hydrogen (secondary N) is 1. The van der Waals surface area contributed by atoms with Crippen molar-refractivity contribution < 1.29 is 17.9 Å². The van der Waals surface area contributed by atoms with Crippen LogP contribution in [0.3, 0.4) is 0 Å². The van der Waals surface area contributed by atoms with E-state index in [-0.39, 0.29) is 18.9 Å². The Morgan fingerprint density at radius 3 is 2.14 bits per heavy atom. The van der Waals surface area contributed by atoms with Crippen LogP contribution >= 0.6 is 0 Å². The zero-order valence-electron chi connectivity index (χ0n) is 16.6. The Morgan fingerprint density at radius 1 is 1.00 bits per heavy atom. The number of carbonyl (C=O) groups is 1. The van der Waals surface area contributed by atoms with Gasteiger partial charge >= 0.3 is 0 Å². The van der Waals surface area contributed by atoms with E-state index in [1.54, 1.807) is 12.1 Å². The molecule has 0 spiro atoms. The van der Waals surface area contributed by atoms with Crippen molar-refractivity contribution in [2.45, 2.75) is 26.7 Å². The number of sulfonamides is 1. The molecule has 0 atom stereocenters. The van der Waals surface area contributed by atoms with Gasteiger partial charge in [0.2, 0.25) is 15.9 Å². The Morgan fingerprint density at radius 2 is 1.57 bits per heavy atom. The fourth-order valence-electron chi connectivity index (χ4n) is 2.66. The summed E-state index contributed by atoms with van der Waals surface area (Å²) < 4.78 is 31.0. The molecule has 0 aromatic heterocycles. The summed E-state index contributed by atoms with van der Waals surface area (Å²) in [5, 5.41) is 2.79. The molecule has 0 unspecified atom stereocenters. The minimum absolute atomic E-state index is 0.120. The number of carbonyl (C=O) groups excluding carboxylic acids is 1. The molecule has 0 heterocycles. The van der Waals surface area contributed by atoms with Crippen molar-refractivity contribution in [2.75, 3.05) is 30.3 Å². The summed E-state index contributed by atoms with van der Waals surface area (Å²) in [5.74, 6) is 0.645. The van der Waals surface area contributed by atoms with Crippen molar-refractivity contribution in [1.82, 2.24) is 5.32 Å². The highest BCUT2D eigenvalue weighted by Gasteiger charge is 2.17. The number of ether oxygens (including phenoxy) is 1. The average molecular weight is 405 g/mol. The largest absolute Gasteiger partial charge is 0.492 e. The number of hydrogen-bond acceptors (Lipinski definition) is 4. The number of rotatable bonds is 10. The van der Waals surface area contributed by atoms with Gasteiger partial charge in [-0.25, -0.2) is 8.42 Å². The third-order valence-electron chi connectivity index (χ3n) is 4.20. The third kappa shape index (κ3) is 7.23. The van der Waals surface area contributed by atoms with E-state index in [0.717, 1.165) is 16.9 Å². The Hall–Kier alpha value is -2.54. The minimum Gasteiger partial charge on any atom is -0.492 e. The first-order valence-electron chi connectivity index (χ1n) is 9.26. The first-order chi connectivity index (χ1) is 13.3. The molecule has 0 radical (unpaired) electrons. The van der Waals surface area contributed by atoms with Gasteiger partial charge in [-0.05, 0) is 44.5 Å². The van der Waals surface area contributed by atoms with E-state index in [1.165, 1.54) is 10.6 Å². The summed E-state index contributed by atoms with van der Waals surface area (Å²) >= 11 is 0. The van der Waals surface area contributed by atoms with Crippen molar-refractivity contribution >= 4 is 21.6 Å². The third-order valence-corrected chi connectivity index (χ3v) is 5.40.